The van der Waals surface area contributed by atoms with Gasteiger partial charge in [0.05, 0.1) is 5.52 Å². The summed E-state index contributed by atoms with van der Waals surface area (Å²) < 4.78 is 0. The van der Waals surface area contributed by atoms with E-state index in [9.17, 15) is 0 Å². The number of nitrogens with zero attached hydrogens (tertiary/aromatic N) is 1. The van der Waals surface area contributed by atoms with Crippen molar-refractivity contribution in [3.8, 4) is 0 Å². The third-order valence-electron chi connectivity index (χ3n) is 2.89. The lowest BCUT2D eigenvalue weighted by Crippen LogP contribution is -1.94. The first kappa shape index (κ1) is 10.2. The van der Waals surface area contributed by atoms with Crippen LogP contribution in [0, 0.1) is 0 Å². The van der Waals surface area contributed by atoms with Gasteiger partial charge in [-0.25, -0.2) is 0 Å². The molecule has 0 radical (unpaired) electrons. The summed E-state index contributed by atoms with van der Waals surface area (Å²) in [6.45, 7) is 6.63. The van der Waals surface area contributed by atoms with Gasteiger partial charge in [-0.2, -0.15) is 0 Å². The summed E-state index contributed by atoms with van der Waals surface area (Å²) in [7, 11) is 0. The number of pyridine rings is 1. The van der Waals surface area contributed by atoms with Gasteiger partial charge in [0.25, 0.3) is 0 Å². The van der Waals surface area contributed by atoms with Gasteiger partial charge in [-0.15, -0.1) is 0 Å². The average Bonchev–Trinajstić information content (AvgIpc) is 2.27. The largest absolute Gasteiger partial charge is 0.256 e. The van der Waals surface area contributed by atoms with Gasteiger partial charge in [-0.3, -0.25) is 4.98 Å². The normalized spacial score (nSPS) is 11.2. The quantitative estimate of drug-likeness (QED) is 0.714. The zero-order valence-electron chi connectivity index (χ0n) is 9.62. The van der Waals surface area contributed by atoms with Crippen LogP contribution in [0.3, 0.4) is 0 Å². The molecule has 1 aromatic carbocycles. The number of aromatic nitrogens is 1. The first-order chi connectivity index (χ1) is 7.24. The Labute approximate surface area is 91.2 Å². The zero-order chi connectivity index (χ0) is 10.8. The Hall–Kier alpha value is -1.37. The molecule has 0 fully saturated rings. The number of benzene rings is 1. The standard InChI is InChI=1S/C14H17N/c1-4-11-7-8-12(10(2)3)14-13(11)6-5-9-15-14/h5-10H,4H2,1-3H3. The zero-order valence-corrected chi connectivity index (χ0v) is 9.62. The van der Waals surface area contributed by atoms with Crippen molar-refractivity contribution in [1.29, 1.82) is 0 Å². The minimum absolute atomic E-state index is 0.535. The van der Waals surface area contributed by atoms with Crippen molar-refractivity contribution < 1.29 is 0 Å². The second kappa shape index (κ2) is 4.01. The van der Waals surface area contributed by atoms with Crippen LogP contribution in [0.4, 0.5) is 0 Å². The highest BCUT2D eigenvalue weighted by Gasteiger charge is 2.08. The maximum atomic E-state index is 4.51. The van der Waals surface area contributed by atoms with Crippen molar-refractivity contribution >= 4 is 10.9 Å². The topological polar surface area (TPSA) is 12.9 Å². The van der Waals surface area contributed by atoms with Crippen LogP contribution in [0.5, 0.6) is 0 Å². The predicted molar refractivity (Wildman–Crippen MR) is 65.2 cm³/mol. The summed E-state index contributed by atoms with van der Waals surface area (Å²) in [5.74, 6) is 0.535. The fraction of sp³-hybridized carbons (Fsp3) is 0.357. The van der Waals surface area contributed by atoms with Gasteiger partial charge in [0.15, 0.2) is 0 Å². The molecule has 2 rings (SSSR count). The second-order valence-electron chi connectivity index (χ2n) is 4.22. The van der Waals surface area contributed by atoms with E-state index in [0.29, 0.717) is 5.92 Å². The number of fused-ring (bicyclic) bond motifs is 1. The number of hydrogen-bond acceptors (Lipinski definition) is 1. The lowest BCUT2D eigenvalue weighted by Gasteiger charge is -2.11. The van der Waals surface area contributed by atoms with Crippen LogP contribution in [0.2, 0.25) is 0 Å². The van der Waals surface area contributed by atoms with Gasteiger partial charge >= 0.3 is 0 Å². The van der Waals surface area contributed by atoms with Crippen LogP contribution in [-0.2, 0) is 6.42 Å². The molecule has 2 aromatic rings. The number of hydrogen-bond donors (Lipinski definition) is 0. The minimum Gasteiger partial charge on any atom is -0.256 e. The van der Waals surface area contributed by atoms with E-state index in [-0.39, 0.29) is 0 Å². The van der Waals surface area contributed by atoms with Crippen LogP contribution >= 0.6 is 0 Å². The Balaban J connectivity index is 2.77. The van der Waals surface area contributed by atoms with Gasteiger partial charge in [0.1, 0.15) is 0 Å². The van der Waals surface area contributed by atoms with Crippen LogP contribution in [0.25, 0.3) is 10.9 Å². The van der Waals surface area contributed by atoms with Gasteiger partial charge in [-0.1, -0.05) is 39.0 Å². The first-order valence-corrected chi connectivity index (χ1v) is 5.60. The third kappa shape index (κ3) is 1.74. The highest BCUT2D eigenvalue weighted by Crippen LogP contribution is 2.26. The van der Waals surface area contributed by atoms with E-state index in [1.54, 1.807) is 0 Å². The monoisotopic (exact) mass is 199 g/mol. The molecule has 0 aliphatic rings. The molecule has 0 amide bonds. The van der Waals surface area contributed by atoms with Crippen LogP contribution in [0.1, 0.15) is 37.8 Å². The van der Waals surface area contributed by atoms with E-state index < -0.39 is 0 Å². The van der Waals surface area contributed by atoms with Crippen molar-refractivity contribution in [2.45, 2.75) is 33.1 Å². The number of aryl methyl sites for hydroxylation is 1. The Morgan fingerprint density at radius 2 is 2.00 bits per heavy atom. The molecule has 15 heavy (non-hydrogen) atoms. The van der Waals surface area contributed by atoms with E-state index >= 15 is 0 Å². The van der Waals surface area contributed by atoms with E-state index in [2.05, 4.69) is 44.0 Å². The maximum absolute atomic E-state index is 4.51. The van der Waals surface area contributed by atoms with Crippen molar-refractivity contribution in [2.24, 2.45) is 0 Å². The molecule has 0 spiro atoms. The molecule has 0 saturated heterocycles. The highest BCUT2D eigenvalue weighted by molar-refractivity contribution is 5.85. The fourth-order valence-electron chi connectivity index (χ4n) is 2.03. The molecule has 0 bridgehead atoms. The lowest BCUT2D eigenvalue weighted by atomic mass is 9.96. The molecular weight excluding hydrogens is 182 g/mol. The minimum atomic E-state index is 0.535. The van der Waals surface area contributed by atoms with E-state index in [0.717, 1.165) is 6.42 Å². The van der Waals surface area contributed by atoms with Gasteiger partial charge in [0.2, 0.25) is 0 Å². The van der Waals surface area contributed by atoms with Crippen LogP contribution in [0.15, 0.2) is 30.5 Å². The smallest absolute Gasteiger partial charge is 0.0739 e. The molecule has 1 heteroatoms. The Bertz CT molecular complexity index is 472. The second-order valence-corrected chi connectivity index (χ2v) is 4.22. The molecule has 0 aliphatic carbocycles. The van der Waals surface area contributed by atoms with Crippen molar-refractivity contribution in [3.05, 3.63) is 41.6 Å². The molecule has 78 valence electrons. The fourth-order valence-corrected chi connectivity index (χ4v) is 2.03. The van der Waals surface area contributed by atoms with Gasteiger partial charge in [-0.05, 0) is 29.5 Å². The Morgan fingerprint density at radius 1 is 1.20 bits per heavy atom. The molecule has 0 N–H and O–H groups in total. The molecule has 1 nitrogen and oxygen atoms in total. The van der Waals surface area contributed by atoms with Gasteiger partial charge in [0, 0.05) is 11.6 Å². The molecule has 0 aliphatic heterocycles. The van der Waals surface area contributed by atoms with Crippen molar-refractivity contribution in [2.75, 3.05) is 0 Å². The molecule has 0 atom stereocenters. The Morgan fingerprint density at radius 3 is 2.67 bits per heavy atom. The maximum Gasteiger partial charge on any atom is 0.0739 e. The Kier molecular flexibility index (Phi) is 2.72. The lowest BCUT2D eigenvalue weighted by molar-refractivity contribution is 0.871. The van der Waals surface area contributed by atoms with E-state index in [1.807, 2.05) is 12.3 Å². The number of rotatable bonds is 2. The molecule has 1 heterocycles. The highest BCUT2D eigenvalue weighted by atomic mass is 14.7. The van der Waals surface area contributed by atoms with E-state index in [4.69, 9.17) is 0 Å². The average molecular weight is 199 g/mol. The first-order valence-electron chi connectivity index (χ1n) is 5.60. The van der Waals surface area contributed by atoms with Crippen LogP contribution < -0.4 is 0 Å². The summed E-state index contributed by atoms with van der Waals surface area (Å²) in [6.07, 6.45) is 2.95. The van der Waals surface area contributed by atoms with Crippen LogP contribution in [-0.4, -0.2) is 4.98 Å². The van der Waals surface area contributed by atoms with Gasteiger partial charge < -0.3 is 0 Å². The SMILES string of the molecule is CCc1ccc(C(C)C)c2ncccc12. The van der Waals surface area contributed by atoms with Crippen molar-refractivity contribution in [1.82, 2.24) is 4.98 Å². The summed E-state index contributed by atoms with van der Waals surface area (Å²) in [5.41, 5.74) is 3.91. The summed E-state index contributed by atoms with van der Waals surface area (Å²) >= 11 is 0. The predicted octanol–water partition coefficient (Wildman–Crippen LogP) is 3.92. The van der Waals surface area contributed by atoms with E-state index in [1.165, 1.54) is 22.0 Å². The summed E-state index contributed by atoms with van der Waals surface area (Å²) in [5, 5.41) is 1.31. The molecular formula is C14H17N. The molecule has 0 saturated carbocycles. The molecule has 1 aromatic heterocycles. The summed E-state index contributed by atoms with van der Waals surface area (Å²) in [4.78, 5) is 4.51. The summed E-state index contributed by atoms with van der Waals surface area (Å²) in [6, 6.07) is 8.65. The molecule has 0 unspecified atom stereocenters. The third-order valence-corrected chi connectivity index (χ3v) is 2.89. The van der Waals surface area contributed by atoms with Crippen molar-refractivity contribution in [3.63, 3.8) is 0 Å².